The summed E-state index contributed by atoms with van der Waals surface area (Å²) < 4.78 is 5.40. The maximum atomic E-state index is 12.3. The Labute approximate surface area is 101 Å². The third kappa shape index (κ3) is 2.24. The number of hydrogen-bond acceptors (Lipinski definition) is 3. The van der Waals surface area contributed by atoms with Gasteiger partial charge >= 0.3 is 0 Å². The predicted molar refractivity (Wildman–Crippen MR) is 68.3 cm³/mol. The molecule has 0 aliphatic rings. The van der Waals surface area contributed by atoms with Gasteiger partial charge in [0, 0.05) is 17.8 Å². The van der Waals surface area contributed by atoms with Crippen molar-refractivity contribution in [2.24, 2.45) is 5.92 Å². The summed E-state index contributed by atoms with van der Waals surface area (Å²) in [5.41, 5.74) is 1.47. The molecule has 0 bridgehead atoms. The lowest BCUT2D eigenvalue weighted by molar-refractivity contribution is 0.0917. The molecule has 17 heavy (non-hydrogen) atoms. The minimum atomic E-state index is 0.0148. The van der Waals surface area contributed by atoms with E-state index in [1.165, 1.54) is 0 Å². The summed E-state index contributed by atoms with van der Waals surface area (Å²) in [5.74, 6) is 0.174. The van der Waals surface area contributed by atoms with Crippen molar-refractivity contribution in [1.82, 2.24) is 5.32 Å². The molecule has 1 unspecified atom stereocenters. The average molecular weight is 231 g/mol. The van der Waals surface area contributed by atoms with Crippen LogP contribution in [0.2, 0.25) is 0 Å². The molecule has 2 rings (SSSR count). The first kappa shape index (κ1) is 11.9. The first-order valence-electron chi connectivity index (χ1n) is 5.93. The molecule has 1 aromatic heterocycles. The highest BCUT2D eigenvalue weighted by atomic mass is 16.3. The summed E-state index contributed by atoms with van der Waals surface area (Å²) in [5, 5.41) is 3.97. The molecule has 0 amide bonds. The molecule has 0 spiro atoms. The van der Waals surface area contributed by atoms with E-state index in [4.69, 9.17) is 4.42 Å². The molecule has 3 heteroatoms. The van der Waals surface area contributed by atoms with Crippen molar-refractivity contribution in [2.45, 2.75) is 13.3 Å². The number of nitrogens with one attached hydrogen (secondary N) is 1. The molecule has 1 atom stereocenters. The lowest BCUT2D eigenvalue weighted by Crippen LogP contribution is -2.25. The molecule has 3 nitrogen and oxygen atoms in total. The van der Waals surface area contributed by atoms with E-state index in [1.54, 1.807) is 6.26 Å². The molecule has 0 aliphatic heterocycles. The molecule has 2 aromatic rings. The summed E-state index contributed by atoms with van der Waals surface area (Å²) in [6.45, 7) is 2.73. The van der Waals surface area contributed by atoms with E-state index in [9.17, 15) is 4.79 Å². The van der Waals surface area contributed by atoms with Crippen LogP contribution in [0, 0.1) is 5.92 Å². The third-order valence-corrected chi connectivity index (χ3v) is 3.06. The quantitative estimate of drug-likeness (QED) is 0.804. The number of rotatable bonds is 5. The Bertz CT molecular complexity index is 516. The zero-order valence-corrected chi connectivity index (χ0v) is 10.2. The van der Waals surface area contributed by atoms with E-state index in [-0.39, 0.29) is 11.7 Å². The fraction of sp³-hybridized carbons (Fsp3) is 0.357. The summed E-state index contributed by atoms with van der Waals surface area (Å²) in [6, 6.07) is 7.64. The van der Waals surface area contributed by atoms with E-state index < -0.39 is 0 Å². The van der Waals surface area contributed by atoms with Gasteiger partial charge in [-0.25, -0.2) is 0 Å². The molecule has 1 heterocycles. The Morgan fingerprint density at radius 2 is 2.18 bits per heavy atom. The summed E-state index contributed by atoms with van der Waals surface area (Å²) in [4.78, 5) is 12.3. The number of para-hydroxylation sites is 1. The summed E-state index contributed by atoms with van der Waals surface area (Å²) in [6.07, 6.45) is 2.41. The van der Waals surface area contributed by atoms with Crippen molar-refractivity contribution >= 4 is 16.8 Å². The van der Waals surface area contributed by atoms with Gasteiger partial charge in [-0.15, -0.1) is 0 Å². The van der Waals surface area contributed by atoms with Crippen LogP contribution in [0.5, 0.6) is 0 Å². The molecule has 0 fully saturated rings. The smallest absolute Gasteiger partial charge is 0.171 e. The van der Waals surface area contributed by atoms with Crippen molar-refractivity contribution in [3.8, 4) is 0 Å². The maximum absolute atomic E-state index is 12.3. The first-order chi connectivity index (χ1) is 8.27. The highest BCUT2D eigenvalue weighted by Gasteiger charge is 2.21. The highest BCUT2D eigenvalue weighted by Crippen LogP contribution is 2.24. The van der Waals surface area contributed by atoms with Crippen LogP contribution in [-0.2, 0) is 0 Å². The molecular formula is C14H17NO2. The van der Waals surface area contributed by atoms with E-state index in [1.807, 2.05) is 38.2 Å². The Hall–Kier alpha value is -1.61. The molecule has 90 valence electrons. The van der Waals surface area contributed by atoms with Gasteiger partial charge in [-0.1, -0.05) is 25.1 Å². The number of furan rings is 1. The number of Topliss-reactive ketones (excluding diaryl/α,β-unsaturated/α-hetero) is 1. The van der Waals surface area contributed by atoms with Crippen molar-refractivity contribution in [1.29, 1.82) is 0 Å². The van der Waals surface area contributed by atoms with Gasteiger partial charge in [0.1, 0.15) is 11.8 Å². The normalized spacial score (nSPS) is 12.8. The van der Waals surface area contributed by atoms with E-state index in [0.29, 0.717) is 12.1 Å². The molecule has 0 saturated carbocycles. The Morgan fingerprint density at radius 1 is 1.41 bits per heavy atom. The standard InChI is InChI=1S/C14H17NO2/c1-3-10(8-15-2)14(16)12-9-17-13-7-5-4-6-11(12)13/h4-7,9-10,15H,3,8H2,1-2H3. The number of fused-ring (bicyclic) bond motifs is 1. The summed E-state index contributed by atoms with van der Waals surface area (Å²) >= 11 is 0. The number of benzene rings is 1. The average Bonchev–Trinajstić information content (AvgIpc) is 2.79. The van der Waals surface area contributed by atoms with Crippen molar-refractivity contribution in [2.75, 3.05) is 13.6 Å². The molecule has 1 aromatic carbocycles. The van der Waals surface area contributed by atoms with Crippen molar-refractivity contribution in [3.05, 3.63) is 36.1 Å². The topological polar surface area (TPSA) is 42.2 Å². The number of ketones is 1. The van der Waals surface area contributed by atoms with Crippen molar-refractivity contribution in [3.63, 3.8) is 0 Å². The van der Waals surface area contributed by atoms with E-state index in [0.717, 1.165) is 17.4 Å². The van der Waals surface area contributed by atoms with Crippen LogP contribution in [0.25, 0.3) is 11.0 Å². The van der Waals surface area contributed by atoms with Crippen LogP contribution >= 0.6 is 0 Å². The second kappa shape index (κ2) is 5.15. The van der Waals surface area contributed by atoms with Gasteiger partial charge in [0.15, 0.2) is 5.78 Å². The zero-order valence-electron chi connectivity index (χ0n) is 10.2. The van der Waals surface area contributed by atoms with Gasteiger partial charge < -0.3 is 9.73 Å². The van der Waals surface area contributed by atoms with Gasteiger partial charge in [-0.05, 0) is 19.5 Å². The molecule has 0 aliphatic carbocycles. The van der Waals surface area contributed by atoms with Crippen LogP contribution in [0.3, 0.4) is 0 Å². The summed E-state index contributed by atoms with van der Waals surface area (Å²) in [7, 11) is 1.86. The third-order valence-electron chi connectivity index (χ3n) is 3.06. The van der Waals surface area contributed by atoms with Crippen LogP contribution in [0.4, 0.5) is 0 Å². The Kier molecular flexibility index (Phi) is 3.59. The van der Waals surface area contributed by atoms with Gasteiger partial charge in [-0.2, -0.15) is 0 Å². The second-order valence-corrected chi connectivity index (χ2v) is 4.17. The highest BCUT2D eigenvalue weighted by molar-refractivity contribution is 6.08. The molecular weight excluding hydrogens is 214 g/mol. The Balaban J connectivity index is 2.36. The molecule has 1 N–H and O–H groups in total. The van der Waals surface area contributed by atoms with Gasteiger partial charge in [-0.3, -0.25) is 4.79 Å². The molecule has 0 radical (unpaired) electrons. The lowest BCUT2D eigenvalue weighted by Gasteiger charge is -2.11. The fourth-order valence-corrected chi connectivity index (χ4v) is 2.06. The van der Waals surface area contributed by atoms with E-state index >= 15 is 0 Å². The SMILES string of the molecule is CCC(CNC)C(=O)c1coc2ccccc12. The van der Waals surface area contributed by atoms with Crippen LogP contribution in [-0.4, -0.2) is 19.4 Å². The van der Waals surface area contributed by atoms with Crippen molar-refractivity contribution < 1.29 is 9.21 Å². The van der Waals surface area contributed by atoms with Crippen LogP contribution in [0.15, 0.2) is 34.9 Å². The van der Waals surface area contributed by atoms with Gasteiger partial charge in [0.05, 0.1) is 5.56 Å². The number of carbonyl (C=O) groups excluding carboxylic acids is 1. The maximum Gasteiger partial charge on any atom is 0.171 e. The minimum absolute atomic E-state index is 0.0148. The predicted octanol–water partition coefficient (Wildman–Crippen LogP) is 2.86. The fourth-order valence-electron chi connectivity index (χ4n) is 2.06. The van der Waals surface area contributed by atoms with Crippen LogP contribution in [0.1, 0.15) is 23.7 Å². The second-order valence-electron chi connectivity index (χ2n) is 4.17. The lowest BCUT2D eigenvalue weighted by atomic mass is 9.95. The van der Waals surface area contributed by atoms with Gasteiger partial charge in [0.25, 0.3) is 0 Å². The zero-order chi connectivity index (χ0) is 12.3. The van der Waals surface area contributed by atoms with Gasteiger partial charge in [0.2, 0.25) is 0 Å². The number of hydrogen-bond donors (Lipinski definition) is 1. The monoisotopic (exact) mass is 231 g/mol. The number of carbonyl (C=O) groups is 1. The largest absolute Gasteiger partial charge is 0.464 e. The first-order valence-corrected chi connectivity index (χ1v) is 5.93. The minimum Gasteiger partial charge on any atom is -0.464 e. The van der Waals surface area contributed by atoms with Crippen LogP contribution < -0.4 is 5.32 Å². The molecule has 0 saturated heterocycles. The Morgan fingerprint density at radius 3 is 2.88 bits per heavy atom. The van der Waals surface area contributed by atoms with E-state index in [2.05, 4.69) is 5.32 Å².